The van der Waals surface area contributed by atoms with Crippen LogP contribution in [0.15, 0.2) is 52.2 Å². The molecular weight excluding hydrogens is 358 g/mol. The van der Waals surface area contributed by atoms with E-state index in [-0.39, 0.29) is 12.5 Å². The minimum absolute atomic E-state index is 0.153. The van der Waals surface area contributed by atoms with Crippen molar-refractivity contribution in [1.29, 1.82) is 0 Å². The van der Waals surface area contributed by atoms with E-state index >= 15 is 0 Å². The van der Waals surface area contributed by atoms with Crippen LogP contribution in [-0.4, -0.2) is 23.7 Å². The van der Waals surface area contributed by atoms with Crippen LogP contribution in [0.3, 0.4) is 0 Å². The molecule has 2 aromatic rings. The number of amides is 1. The molecule has 0 saturated carbocycles. The fourth-order valence-corrected chi connectivity index (χ4v) is 2.19. The summed E-state index contributed by atoms with van der Waals surface area (Å²) in [5, 5.41) is 4.37. The zero-order valence-corrected chi connectivity index (χ0v) is 13.1. The molecule has 0 fully saturated rings. The molecule has 0 atom stereocenters. The number of halogens is 2. The summed E-state index contributed by atoms with van der Waals surface area (Å²) < 4.78 is 6.03. The molecule has 2 rings (SSSR count). The maximum Gasteiger partial charge on any atom is 0.277 e. The highest BCUT2D eigenvalue weighted by Crippen LogP contribution is 2.27. The molecule has 7 heteroatoms. The number of rotatable bonds is 5. The maximum atomic E-state index is 11.6. The van der Waals surface area contributed by atoms with E-state index < -0.39 is 0 Å². The first-order valence-electron chi connectivity index (χ1n) is 5.96. The van der Waals surface area contributed by atoms with Crippen LogP contribution in [0.25, 0.3) is 0 Å². The third kappa shape index (κ3) is 5.17. The van der Waals surface area contributed by atoms with E-state index in [1.807, 2.05) is 6.07 Å². The lowest BCUT2D eigenvalue weighted by molar-refractivity contribution is -0.123. The third-order valence-electron chi connectivity index (χ3n) is 2.33. The van der Waals surface area contributed by atoms with Crippen molar-refractivity contribution >= 4 is 39.7 Å². The molecule has 1 heterocycles. The van der Waals surface area contributed by atoms with Gasteiger partial charge in [-0.25, -0.2) is 5.43 Å². The van der Waals surface area contributed by atoms with Crippen molar-refractivity contribution in [2.75, 3.05) is 6.61 Å². The molecule has 0 radical (unpaired) electrons. The number of carbonyl (C=O) groups excluding carboxylic acids is 1. The van der Waals surface area contributed by atoms with Crippen molar-refractivity contribution < 1.29 is 9.53 Å². The highest BCUT2D eigenvalue weighted by atomic mass is 79.9. The molecule has 0 aliphatic carbocycles. The van der Waals surface area contributed by atoms with Crippen LogP contribution in [0.1, 0.15) is 5.69 Å². The monoisotopic (exact) mass is 367 g/mol. The number of hydrazone groups is 1. The highest BCUT2D eigenvalue weighted by Gasteiger charge is 2.05. The van der Waals surface area contributed by atoms with E-state index in [9.17, 15) is 4.79 Å². The molecular formula is C14H11BrClN3O2. The number of nitrogens with zero attached hydrogens (tertiary/aromatic N) is 2. The van der Waals surface area contributed by atoms with Gasteiger partial charge in [0.15, 0.2) is 6.61 Å². The fraction of sp³-hybridized carbons (Fsp3) is 0.0714. The minimum Gasteiger partial charge on any atom is -0.483 e. The predicted molar refractivity (Wildman–Crippen MR) is 84.6 cm³/mol. The van der Waals surface area contributed by atoms with Crippen LogP contribution >= 0.6 is 27.5 Å². The van der Waals surface area contributed by atoms with E-state index in [1.54, 1.807) is 36.5 Å². The summed E-state index contributed by atoms with van der Waals surface area (Å²) in [4.78, 5) is 15.6. The van der Waals surface area contributed by atoms with Crippen LogP contribution in [0.4, 0.5) is 0 Å². The lowest BCUT2D eigenvalue weighted by atomic mass is 10.3. The number of hydrogen-bond donors (Lipinski definition) is 1. The van der Waals surface area contributed by atoms with Crippen LogP contribution in [0.2, 0.25) is 5.02 Å². The number of benzene rings is 1. The SMILES string of the molecule is O=C(COc1ccc(Cl)cc1Br)N/N=C\c1ccccn1. The maximum absolute atomic E-state index is 11.6. The molecule has 0 unspecified atom stereocenters. The minimum atomic E-state index is -0.371. The van der Waals surface area contributed by atoms with Crippen LogP contribution in [0, 0.1) is 0 Å². The number of ether oxygens (including phenoxy) is 1. The summed E-state index contributed by atoms with van der Waals surface area (Å²) in [5.74, 6) is 0.160. The van der Waals surface area contributed by atoms with E-state index in [0.717, 1.165) is 0 Å². The molecule has 1 amide bonds. The normalized spacial score (nSPS) is 10.6. The fourth-order valence-electron chi connectivity index (χ4n) is 1.39. The lowest BCUT2D eigenvalue weighted by Gasteiger charge is -2.07. The Morgan fingerprint density at radius 2 is 2.29 bits per heavy atom. The second kappa shape index (κ2) is 7.75. The van der Waals surface area contributed by atoms with E-state index in [4.69, 9.17) is 16.3 Å². The van der Waals surface area contributed by atoms with Gasteiger partial charge in [-0.3, -0.25) is 9.78 Å². The molecule has 0 bridgehead atoms. The van der Waals surface area contributed by atoms with E-state index in [2.05, 4.69) is 31.4 Å². The Labute approximate surface area is 135 Å². The van der Waals surface area contributed by atoms with Gasteiger partial charge in [0.05, 0.1) is 16.4 Å². The molecule has 21 heavy (non-hydrogen) atoms. The van der Waals surface area contributed by atoms with Crippen molar-refractivity contribution in [3.8, 4) is 5.75 Å². The topological polar surface area (TPSA) is 63.6 Å². The standard InChI is InChI=1S/C14H11BrClN3O2/c15-12-7-10(16)4-5-13(12)21-9-14(20)19-18-8-11-3-1-2-6-17-11/h1-8H,9H2,(H,19,20)/b18-8-. The molecule has 0 aliphatic rings. The first-order valence-corrected chi connectivity index (χ1v) is 7.13. The van der Waals surface area contributed by atoms with Crippen LogP contribution < -0.4 is 10.2 Å². The van der Waals surface area contributed by atoms with Gasteiger partial charge in [0, 0.05) is 11.2 Å². The quantitative estimate of drug-likeness (QED) is 0.652. The largest absolute Gasteiger partial charge is 0.483 e. The van der Waals surface area contributed by atoms with Gasteiger partial charge >= 0.3 is 0 Å². The second-order valence-corrected chi connectivity index (χ2v) is 5.20. The summed E-state index contributed by atoms with van der Waals surface area (Å²) in [7, 11) is 0. The Morgan fingerprint density at radius 1 is 1.43 bits per heavy atom. The number of nitrogens with one attached hydrogen (secondary N) is 1. The molecule has 0 spiro atoms. The zero-order chi connectivity index (χ0) is 15.1. The van der Waals surface area contributed by atoms with Gasteiger partial charge in [0.25, 0.3) is 5.91 Å². The summed E-state index contributed by atoms with van der Waals surface area (Å²) in [6, 6.07) is 10.5. The first-order chi connectivity index (χ1) is 10.1. The Bertz CT molecular complexity index is 650. The van der Waals surface area contributed by atoms with Crippen molar-refractivity contribution in [1.82, 2.24) is 10.4 Å². The Hall–Kier alpha value is -1.92. The molecule has 0 saturated heterocycles. The molecule has 0 aliphatic heterocycles. The zero-order valence-electron chi connectivity index (χ0n) is 10.8. The van der Waals surface area contributed by atoms with Gasteiger partial charge in [-0.1, -0.05) is 17.7 Å². The summed E-state index contributed by atoms with van der Waals surface area (Å²) in [6.45, 7) is -0.153. The van der Waals surface area contributed by atoms with Crippen LogP contribution in [-0.2, 0) is 4.79 Å². The Balaban J connectivity index is 1.81. The van der Waals surface area contributed by atoms with Gasteiger partial charge in [0.1, 0.15) is 5.75 Å². The molecule has 1 aromatic heterocycles. The van der Waals surface area contributed by atoms with Gasteiger partial charge in [0.2, 0.25) is 0 Å². The van der Waals surface area contributed by atoms with Crippen molar-refractivity contribution in [2.45, 2.75) is 0 Å². The number of hydrogen-bond acceptors (Lipinski definition) is 4. The second-order valence-electron chi connectivity index (χ2n) is 3.91. The predicted octanol–water partition coefficient (Wildman–Crippen LogP) is 3.03. The summed E-state index contributed by atoms with van der Waals surface area (Å²) in [5.41, 5.74) is 3.01. The van der Waals surface area contributed by atoms with Gasteiger partial charge < -0.3 is 4.74 Å². The molecule has 1 N–H and O–H groups in total. The Morgan fingerprint density at radius 3 is 3.00 bits per heavy atom. The van der Waals surface area contributed by atoms with Crippen molar-refractivity contribution in [3.63, 3.8) is 0 Å². The Kier molecular flexibility index (Phi) is 5.71. The van der Waals surface area contributed by atoms with E-state index in [0.29, 0.717) is 20.9 Å². The number of carbonyl (C=O) groups is 1. The van der Waals surface area contributed by atoms with Gasteiger partial charge in [-0.2, -0.15) is 5.10 Å². The summed E-state index contributed by atoms with van der Waals surface area (Å²) in [6.07, 6.45) is 3.10. The van der Waals surface area contributed by atoms with Crippen LogP contribution in [0.5, 0.6) is 5.75 Å². The smallest absolute Gasteiger partial charge is 0.277 e. The first kappa shape index (κ1) is 15.5. The van der Waals surface area contributed by atoms with Crippen molar-refractivity contribution in [2.24, 2.45) is 5.10 Å². The number of aromatic nitrogens is 1. The molecule has 108 valence electrons. The van der Waals surface area contributed by atoms with Crippen molar-refractivity contribution in [3.05, 3.63) is 57.8 Å². The van der Waals surface area contributed by atoms with Gasteiger partial charge in [-0.05, 0) is 46.3 Å². The molecule has 1 aromatic carbocycles. The summed E-state index contributed by atoms with van der Waals surface area (Å²) >= 11 is 9.12. The number of pyridine rings is 1. The third-order valence-corrected chi connectivity index (χ3v) is 3.18. The average molecular weight is 369 g/mol. The van der Waals surface area contributed by atoms with Gasteiger partial charge in [-0.15, -0.1) is 0 Å². The lowest BCUT2D eigenvalue weighted by Crippen LogP contribution is -2.24. The highest BCUT2D eigenvalue weighted by molar-refractivity contribution is 9.10. The molecule has 5 nitrogen and oxygen atoms in total. The van der Waals surface area contributed by atoms with E-state index in [1.165, 1.54) is 6.21 Å². The average Bonchev–Trinajstić information content (AvgIpc) is 2.47.